The van der Waals surface area contributed by atoms with E-state index in [1.807, 2.05) is 0 Å². The molecule has 2 heterocycles. The van der Waals surface area contributed by atoms with Crippen molar-refractivity contribution in [2.45, 2.75) is 18.2 Å². The lowest BCUT2D eigenvalue weighted by Crippen LogP contribution is -2.17. The Labute approximate surface area is 112 Å². The van der Waals surface area contributed by atoms with Crippen LogP contribution in [0.4, 0.5) is 0 Å². The minimum absolute atomic E-state index is 0.139. The summed E-state index contributed by atoms with van der Waals surface area (Å²) in [4.78, 5) is 25.6. The number of nitrogens with zero attached hydrogens (tertiary/aromatic N) is 5. The zero-order valence-electron chi connectivity index (χ0n) is 9.84. The molecule has 0 saturated carbocycles. The lowest BCUT2D eigenvalue weighted by atomic mass is 10.5. The van der Waals surface area contributed by atoms with E-state index in [9.17, 15) is 9.59 Å². The molecule has 0 aliphatic rings. The van der Waals surface area contributed by atoms with Gasteiger partial charge in [0.2, 0.25) is 0 Å². The van der Waals surface area contributed by atoms with Crippen molar-refractivity contribution in [3.8, 4) is 0 Å². The lowest BCUT2D eigenvalue weighted by molar-refractivity contribution is -0.133. The van der Waals surface area contributed by atoms with Gasteiger partial charge in [-0.2, -0.15) is 4.98 Å². The van der Waals surface area contributed by atoms with E-state index in [2.05, 4.69) is 15.3 Å². The molecule has 0 spiro atoms. The van der Waals surface area contributed by atoms with Gasteiger partial charge in [-0.25, -0.2) is 0 Å². The van der Waals surface area contributed by atoms with Crippen molar-refractivity contribution < 1.29 is 9.90 Å². The standard InChI is InChI=1S/C10H11N5O3S/c16-8-1-3-14(5-6-15-4-2-11-13-15)10(12-8)19-7-9(17)18/h1-4H,5-7H2,(H,17,18). The van der Waals surface area contributed by atoms with E-state index in [-0.39, 0.29) is 11.3 Å². The Balaban J connectivity index is 2.09. The Morgan fingerprint density at radius 1 is 1.37 bits per heavy atom. The monoisotopic (exact) mass is 281 g/mol. The van der Waals surface area contributed by atoms with Crippen molar-refractivity contribution in [2.75, 3.05) is 5.75 Å². The maximum atomic E-state index is 11.2. The summed E-state index contributed by atoms with van der Waals surface area (Å²) in [5.41, 5.74) is -0.384. The highest BCUT2D eigenvalue weighted by atomic mass is 32.2. The first-order valence-corrected chi connectivity index (χ1v) is 6.40. The molecule has 0 unspecified atom stereocenters. The number of hydrogen-bond donors (Lipinski definition) is 1. The van der Waals surface area contributed by atoms with E-state index in [1.54, 1.807) is 27.8 Å². The van der Waals surface area contributed by atoms with Gasteiger partial charge in [0.05, 0.1) is 18.5 Å². The molecule has 8 nitrogen and oxygen atoms in total. The topological polar surface area (TPSA) is 103 Å². The van der Waals surface area contributed by atoms with E-state index in [1.165, 1.54) is 6.07 Å². The minimum atomic E-state index is -0.953. The molecule has 0 aliphatic heterocycles. The van der Waals surface area contributed by atoms with Crippen LogP contribution in [-0.2, 0) is 17.9 Å². The molecule has 0 fully saturated rings. The maximum absolute atomic E-state index is 11.2. The van der Waals surface area contributed by atoms with E-state index in [0.717, 1.165) is 11.8 Å². The van der Waals surface area contributed by atoms with Gasteiger partial charge in [0.15, 0.2) is 5.16 Å². The van der Waals surface area contributed by atoms with Gasteiger partial charge in [-0.1, -0.05) is 17.0 Å². The molecule has 0 amide bonds. The third-order valence-corrected chi connectivity index (χ3v) is 3.19. The van der Waals surface area contributed by atoms with Gasteiger partial charge in [-0.15, -0.1) is 5.10 Å². The molecule has 100 valence electrons. The van der Waals surface area contributed by atoms with Gasteiger partial charge < -0.3 is 9.67 Å². The Morgan fingerprint density at radius 3 is 2.89 bits per heavy atom. The van der Waals surface area contributed by atoms with Crippen LogP contribution in [0.15, 0.2) is 34.6 Å². The molecule has 0 aliphatic carbocycles. The lowest BCUT2D eigenvalue weighted by Gasteiger charge is -2.10. The molecular weight excluding hydrogens is 270 g/mol. The van der Waals surface area contributed by atoms with Crippen LogP contribution in [0.3, 0.4) is 0 Å². The number of aryl methyl sites for hydroxylation is 2. The van der Waals surface area contributed by atoms with Crippen LogP contribution in [-0.4, -0.2) is 41.4 Å². The quantitative estimate of drug-likeness (QED) is 0.573. The van der Waals surface area contributed by atoms with E-state index >= 15 is 0 Å². The van der Waals surface area contributed by atoms with E-state index in [4.69, 9.17) is 5.11 Å². The third kappa shape index (κ3) is 3.91. The minimum Gasteiger partial charge on any atom is -0.481 e. The smallest absolute Gasteiger partial charge is 0.313 e. The van der Waals surface area contributed by atoms with Gasteiger partial charge in [-0.3, -0.25) is 14.3 Å². The number of carbonyl (C=O) groups is 1. The second-order valence-electron chi connectivity index (χ2n) is 3.59. The summed E-state index contributed by atoms with van der Waals surface area (Å²) in [5, 5.41) is 16.5. The first-order valence-electron chi connectivity index (χ1n) is 5.41. The fourth-order valence-electron chi connectivity index (χ4n) is 1.39. The highest BCUT2D eigenvalue weighted by Gasteiger charge is 2.07. The second kappa shape index (κ2) is 6.14. The van der Waals surface area contributed by atoms with Crippen LogP contribution in [0.1, 0.15) is 0 Å². The predicted molar refractivity (Wildman–Crippen MR) is 66.9 cm³/mol. The van der Waals surface area contributed by atoms with Crippen LogP contribution in [0.2, 0.25) is 0 Å². The Bertz CT molecular complexity index is 610. The fraction of sp³-hybridized carbons (Fsp3) is 0.300. The van der Waals surface area contributed by atoms with Crippen LogP contribution < -0.4 is 5.56 Å². The Kier molecular flexibility index (Phi) is 4.29. The zero-order valence-corrected chi connectivity index (χ0v) is 10.7. The third-order valence-electron chi connectivity index (χ3n) is 2.22. The number of hydrogen-bond acceptors (Lipinski definition) is 6. The van der Waals surface area contributed by atoms with Gasteiger partial charge >= 0.3 is 5.97 Å². The summed E-state index contributed by atoms with van der Waals surface area (Å²) in [6.45, 7) is 1.09. The molecule has 9 heteroatoms. The van der Waals surface area contributed by atoms with Crippen molar-refractivity contribution in [2.24, 2.45) is 0 Å². The van der Waals surface area contributed by atoms with E-state index in [0.29, 0.717) is 18.2 Å². The molecule has 0 bridgehead atoms. The summed E-state index contributed by atoms with van der Waals surface area (Å²) in [7, 11) is 0. The predicted octanol–water partition coefficient (Wildman–Crippen LogP) is -0.288. The summed E-state index contributed by atoms with van der Waals surface area (Å²) < 4.78 is 3.36. The first-order chi connectivity index (χ1) is 9.15. The number of carboxylic acids is 1. The number of aliphatic carboxylic acids is 1. The highest BCUT2D eigenvalue weighted by Crippen LogP contribution is 2.13. The zero-order chi connectivity index (χ0) is 13.7. The summed E-state index contributed by atoms with van der Waals surface area (Å²) in [6.07, 6.45) is 4.89. The SMILES string of the molecule is O=C(O)CSc1nc(=O)ccn1CCn1ccnn1. The molecule has 0 aromatic carbocycles. The Morgan fingerprint density at radius 2 is 2.21 bits per heavy atom. The summed E-state index contributed by atoms with van der Waals surface area (Å²) in [5.74, 6) is -1.09. The largest absolute Gasteiger partial charge is 0.481 e. The number of carboxylic acid groups (broad SMARTS) is 1. The van der Waals surface area contributed by atoms with Crippen molar-refractivity contribution >= 4 is 17.7 Å². The molecular formula is C10H11N5O3S. The summed E-state index contributed by atoms with van der Waals surface area (Å²) in [6, 6.07) is 1.34. The highest BCUT2D eigenvalue weighted by molar-refractivity contribution is 7.99. The molecule has 0 radical (unpaired) electrons. The van der Waals surface area contributed by atoms with Crippen LogP contribution in [0.25, 0.3) is 0 Å². The average Bonchev–Trinajstić information content (AvgIpc) is 2.88. The molecule has 2 rings (SSSR count). The Hall–Kier alpha value is -2.16. The number of rotatable bonds is 6. The van der Waals surface area contributed by atoms with Crippen LogP contribution in [0.5, 0.6) is 0 Å². The molecule has 0 saturated heterocycles. The van der Waals surface area contributed by atoms with Crippen molar-refractivity contribution in [3.63, 3.8) is 0 Å². The van der Waals surface area contributed by atoms with E-state index < -0.39 is 5.97 Å². The molecule has 2 aromatic heterocycles. The van der Waals surface area contributed by atoms with Crippen LogP contribution in [0, 0.1) is 0 Å². The number of aromatic nitrogens is 5. The van der Waals surface area contributed by atoms with Crippen molar-refractivity contribution in [1.29, 1.82) is 0 Å². The molecule has 0 atom stereocenters. The van der Waals surface area contributed by atoms with Crippen molar-refractivity contribution in [1.82, 2.24) is 24.5 Å². The van der Waals surface area contributed by atoms with Gasteiger partial charge in [0, 0.05) is 25.0 Å². The molecule has 2 aromatic rings. The average molecular weight is 281 g/mol. The van der Waals surface area contributed by atoms with Gasteiger partial charge in [0.25, 0.3) is 5.56 Å². The summed E-state index contributed by atoms with van der Waals surface area (Å²) >= 11 is 1.01. The second-order valence-corrected chi connectivity index (χ2v) is 4.53. The van der Waals surface area contributed by atoms with Crippen molar-refractivity contribution in [3.05, 3.63) is 35.0 Å². The van der Waals surface area contributed by atoms with Gasteiger partial charge in [0.1, 0.15) is 0 Å². The molecule has 1 N–H and O–H groups in total. The first kappa shape index (κ1) is 13.3. The van der Waals surface area contributed by atoms with Gasteiger partial charge in [-0.05, 0) is 0 Å². The van der Waals surface area contributed by atoms with Crippen LogP contribution >= 0.6 is 11.8 Å². The molecule has 19 heavy (non-hydrogen) atoms. The number of thioether (sulfide) groups is 1. The fourth-order valence-corrected chi connectivity index (χ4v) is 2.11. The maximum Gasteiger partial charge on any atom is 0.313 e. The normalized spacial score (nSPS) is 10.5.